The Balaban J connectivity index is 1.72. The Morgan fingerprint density at radius 3 is 2.00 bits per heavy atom. The molecule has 2 atom stereocenters. The van der Waals surface area contributed by atoms with Gasteiger partial charge in [-0.2, -0.15) is 0 Å². The zero-order valence-corrected chi connectivity index (χ0v) is 10.8. The monoisotopic (exact) mass is 210 g/mol. The first kappa shape index (κ1) is 11.4. The maximum atomic E-state index is 2.66. The summed E-state index contributed by atoms with van der Waals surface area (Å²) in [6, 6.07) is 0. The molecule has 0 aromatic heterocycles. The molecule has 1 saturated carbocycles. The molecule has 2 unspecified atom stereocenters. The van der Waals surface area contributed by atoms with E-state index in [0.717, 1.165) is 11.8 Å². The highest BCUT2D eigenvalue weighted by atomic mass is 15.3. The van der Waals surface area contributed by atoms with Gasteiger partial charge in [-0.05, 0) is 39.0 Å². The lowest BCUT2D eigenvalue weighted by Gasteiger charge is -2.42. The molecule has 2 rings (SSSR count). The molecule has 1 aliphatic carbocycles. The van der Waals surface area contributed by atoms with Crippen molar-refractivity contribution >= 4 is 0 Å². The van der Waals surface area contributed by atoms with Crippen LogP contribution in [0.1, 0.15) is 34.1 Å². The van der Waals surface area contributed by atoms with E-state index in [2.05, 4.69) is 37.5 Å². The molecular formula is C13H26N2. The fourth-order valence-corrected chi connectivity index (χ4v) is 2.59. The molecule has 15 heavy (non-hydrogen) atoms. The first-order chi connectivity index (χ1) is 6.97. The second kappa shape index (κ2) is 4.06. The first-order valence-corrected chi connectivity index (χ1v) is 6.44. The van der Waals surface area contributed by atoms with Gasteiger partial charge in [0.1, 0.15) is 0 Å². The van der Waals surface area contributed by atoms with Crippen molar-refractivity contribution in [3.63, 3.8) is 0 Å². The summed E-state index contributed by atoms with van der Waals surface area (Å²) < 4.78 is 0. The topological polar surface area (TPSA) is 6.48 Å². The number of hydrogen-bond donors (Lipinski definition) is 0. The van der Waals surface area contributed by atoms with Crippen molar-refractivity contribution in [2.45, 2.75) is 39.7 Å². The van der Waals surface area contributed by atoms with E-state index >= 15 is 0 Å². The minimum absolute atomic E-state index is 0.360. The number of hydrogen-bond acceptors (Lipinski definition) is 2. The predicted molar refractivity (Wildman–Crippen MR) is 65.0 cm³/mol. The highest BCUT2D eigenvalue weighted by molar-refractivity contribution is 4.88. The van der Waals surface area contributed by atoms with Crippen molar-refractivity contribution in [3.05, 3.63) is 0 Å². The largest absolute Gasteiger partial charge is 0.301 e. The number of piperazine rings is 1. The van der Waals surface area contributed by atoms with Gasteiger partial charge in [0.05, 0.1) is 0 Å². The summed E-state index contributed by atoms with van der Waals surface area (Å²) in [5, 5.41) is 0. The maximum Gasteiger partial charge on any atom is 0.0126 e. The smallest absolute Gasteiger partial charge is 0.0126 e. The van der Waals surface area contributed by atoms with Crippen molar-refractivity contribution in [2.24, 2.45) is 11.8 Å². The molecule has 0 amide bonds. The van der Waals surface area contributed by atoms with Crippen LogP contribution in [0.5, 0.6) is 0 Å². The van der Waals surface area contributed by atoms with Gasteiger partial charge in [0.15, 0.2) is 0 Å². The summed E-state index contributed by atoms with van der Waals surface area (Å²) in [5.41, 5.74) is 0.360. The number of rotatable bonds is 2. The highest BCUT2D eigenvalue weighted by Crippen LogP contribution is 2.38. The molecule has 2 heteroatoms. The van der Waals surface area contributed by atoms with Gasteiger partial charge in [-0.25, -0.2) is 0 Å². The van der Waals surface area contributed by atoms with Gasteiger partial charge in [-0.1, -0.05) is 6.92 Å². The molecule has 1 heterocycles. The third-order valence-corrected chi connectivity index (χ3v) is 4.09. The lowest BCUT2D eigenvalue weighted by Crippen LogP contribution is -2.53. The third kappa shape index (κ3) is 2.94. The summed E-state index contributed by atoms with van der Waals surface area (Å²) in [6.07, 6.45) is 1.47. The standard InChI is InChI=1S/C13H26N2/c1-11-9-12(11)10-14-5-7-15(8-6-14)13(2,3)4/h11-12H,5-10H2,1-4H3. The van der Waals surface area contributed by atoms with Crippen molar-refractivity contribution in [3.8, 4) is 0 Å². The Bertz CT molecular complexity index is 211. The molecule has 0 spiro atoms. The lowest BCUT2D eigenvalue weighted by molar-refractivity contribution is 0.0598. The molecule has 2 fully saturated rings. The molecule has 2 nitrogen and oxygen atoms in total. The molecule has 2 aliphatic rings. The van der Waals surface area contributed by atoms with Crippen molar-refractivity contribution in [1.82, 2.24) is 9.80 Å². The van der Waals surface area contributed by atoms with Gasteiger partial charge in [0, 0.05) is 38.3 Å². The second-order valence-corrected chi connectivity index (χ2v) is 6.43. The van der Waals surface area contributed by atoms with E-state index in [9.17, 15) is 0 Å². The molecular weight excluding hydrogens is 184 g/mol. The van der Waals surface area contributed by atoms with Crippen molar-refractivity contribution in [1.29, 1.82) is 0 Å². The van der Waals surface area contributed by atoms with E-state index in [1.165, 1.54) is 39.1 Å². The van der Waals surface area contributed by atoms with Crippen LogP contribution in [-0.2, 0) is 0 Å². The summed E-state index contributed by atoms with van der Waals surface area (Å²) >= 11 is 0. The average molecular weight is 210 g/mol. The van der Waals surface area contributed by atoms with Crippen molar-refractivity contribution < 1.29 is 0 Å². The van der Waals surface area contributed by atoms with E-state index in [0.29, 0.717) is 5.54 Å². The van der Waals surface area contributed by atoms with Crippen LogP contribution in [0.25, 0.3) is 0 Å². The molecule has 0 aromatic rings. The van der Waals surface area contributed by atoms with Crippen LogP contribution in [0, 0.1) is 11.8 Å². The Hall–Kier alpha value is -0.0800. The van der Waals surface area contributed by atoms with Gasteiger partial charge < -0.3 is 4.90 Å². The van der Waals surface area contributed by atoms with Crippen LogP contribution < -0.4 is 0 Å². The summed E-state index contributed by atoms with van der Waals surface area (Å²) in [4.78, 5) is 5.27. The summed E-state index contributed by atoms with van der Waals surface area (Å²) in [6.45, 7) is 15.8. The molecule has 0 bridgehead atoms. The Morgan fingerprint density at radius 1 is 1.07 bits per heavy atom. The van der Waals surface area contributed by atoms with E-state index in [1.807, 2.05) is 0 Å². The zero-order valence-electron chi connectivity index (χ0n) is 10.8. The summed E-state index contributed by atoms with van der Waals surface area (Å²) in [7, 11) is 0. The predicted octanol–water partition coefficient (Wildman–Crippen LogP) is 2.06. The van der Waals surface area contributed by atoms with Crippen LogP contribution in [0.4, 0.5) is 0 Å². The molecule has 0 radical (unpaired) electrons. The SMILES string of the molecule is CC1CC1CN1CCN(C(C)(C)C)CC1. The van der Waals surface area contributed by atoms with Crippen LogP contribution in [0.15, 0.2) is 0 Å². The molecule has 1 aliphatic heterocycles. The minimum atomic E-state index is 0.360. The van der Waals surface area contributed by atoms with Gasteiger partial charge >= 0.3 is 0 Å². The van der Waals surface area contributed by atoms with Crippen LogP contribution in [0.3, 0.4) is 0 Å². The maximum absolute atomic E-state index is 2.66. The van der Waals surface area contributed by atoms with Gasteiger partial charge in [-0.15, -0.1) is 0 Å². The molecule has 0 N–H and O–H groups in total. The number of nitrogens with zero attached hydrogens (tertiary/aromatic N) is 2. The first-order valence-electron chi connectivity index (χ1n) is 6.44. The van der Waals surface area contributed by atoms with Gasteiger partial charge in [-0.3, -0.25) is 4.90 Å². The Kier molecular flexibility index (Phi) is 3.09. The van der Waals surface area contributed by atoms with E-state index in [-0.39, 0.29) is 0 Å². The highest BCUT2D eigenvalue weighted by Gasteiger charge is 2.35. The van der Waals surface area contributed by atoms with Crippen LogP contribution >= 0.6 is 0 Å². The third-order valence-electron chi connectivity index (χ3n) is 4.09. The molecule has 1 saturated heterocycles. The molecule has 88 valence electrons. The fraction of sp³-hybridized carbons (Fsp3) is 1.00. The normalized spacial score (nSPS) is 34.4. The lowest BCUT2D eigenvalue weighted by atomic mass is 10.0. The van der Waals surface area contributed by atoms with Gasteiger partial charge in [0.25, 0.3) is 0 Å². The van der Waals surface area contributed by atoms with E-state index < -0.39 is 0 Å². The van der Waals surface area contributed by atoms with Crippen molar-refractivity contribution in [2.75, 3.05) is 32.7 Å². The molecule has 0 aromatic carbocycles. The second-order valence-electron chi connectivity index (χ2n) is 6.43. The van der Waals surface area contributed by atoms with E-state index in [1.54, 1.807) is 0 Å². The average Bonchev–Trinajstić information content (AvgIpc) is 2.81. The zero-order chi connectivity index (χ0) is 11.1. The Labute approximate surface area is 94.6 Å². The van der Waals surface area contributed by atoms with E-state index in [4.69, 9.17) is 0 Å². The fourth-order valence-electron chi connectivity index (χ4n) is 2.59. The quantitative estimate of drug-likeness (QED) is 0.688. The summed E-state index contributed by atoms with van der Waals surface area (Å²) in [5.74, 6) is 2.02. The van der Waals surface area contributed by atoms with Crippen LogP contribution in [0.2, 0.25) is 0 Å². The van der Waals surface area contributed by atoms with Gasteiger partial charge in [0.2, 0.25) is 0 Å². The Morgan fingerprint density at radius 2 is 1.60 bits per heavy atom. The van der Waals surface area contributed by atoms with Crippen LogP contribution in [-0.4, -0.2) is 48.1 Å². The minimum Gasteiger partial charge on any atom is -0.301 e.